The summed E-state index contributed by atoms with van der Waals surface area (Å²) in [6, 6.07) is 5.64. The zero-order valence-corrected chi connectivity index (χ0v) is 12.5. The highest BCUT2D eigenvalue weighted by atomic mass is 16.5. The Morgan fingerprint density at radius 3 is 2.55 bits per heavy atom. The molecule has 4 heteroatoms. The largest absolute Gasteiger partial charge is 0.379 e. The molecule has 2 atom stereocenters. The second kappa shape index (κ2) is 5.54. The van der Waals surface area contributed by atoms with Gasteiger partial charge in [-0.25, -0.2) is 0 Å². The van der Waals surface area contributed by atoms with Crippen molar-refractivity contribution in [2.45, 2.75) is 50.7 Å². The van der Waals surface area contributed by atoms with E-state index in [-0.39, 0.29) is 17.6 Å². The lowest BCUT2D eigenvalue weighted by atomic mass is 9.62. The number of methoxy groups -OCH3 is 1. The molecule has 20 heavy (non-hydrogen) atoms. The zero-order valence-electron chi connectivity index (χ0n) is 12.5. The van der Waals surface area contributed by atoms with Gasteiger partial charge in [0, 0.05) is 30.6 Å². The van der Waals surface area contributed by atoms with Crippen LogP contribution in [0.2, 0.25) is 0 Å². The van der Waals surface area contributed by atoms with Gasteiger partial charge in [-0.3, -0.25) is 4.79 Å². The Morgan fingerprint density at radius 1 is 1.40 bits per heavy atom. The van der Waals surface area contributed by atoms with Gasteiger partial charge in [0.05, 0.1) is 6.10 Å². The van der Waals surface area contributed by atoms with Crippen LogP contribution in [-0.4, -0.2) is 25.2 Å². The Balaban J connectivity index is 2.62. The minimum atomic E-state index is -0.392. The predicted molar refractivity (Wildman–Crippen MR) is 79.7 cm³/mol. The summed E-state index contributed by atoms with van der Waals surface area (Å²) in [5.74, 6) is -0.392. The second-order valence-electron chi connectivity index (χ2n) is 5.60. The Kier molecular flexibility index (Phi) is 4.16. The van der Waals surface area contributed by atoms with Crippen LogP contribution in [0, 0.1) is 0 Å². The van der Waals surface area contributed by atoms with Crippen LogP contribution in [0.3, 0.4) is 0 Å². The van der Waals surface area contributed by atoms with E-state index in [0.29, 0.717) is 5.56 Å². The molecule has 0 radical (unpaired) electrons. The van der Waals surface area contributed by atoms with E-state index in [4.69, 9.17) is 16.2 Å². The SMILES string of the molecule is CCC1(CC)c2cc(C(N)=O)ccc2C[C@H](OC)[C@H]1N. The number of amides is 1. The highest BCUT2D eigenvalue weighted by Crippen LogP contribution is 2.43. The maximum atomic E-state index is 11.4. The van der Waals surface area contributed by atoms with Gasteiger partial charge in [-0.2, -0.15) is 0 Å². The number of carbonyl (C=O) groups excluding carboxylic acids is 1. The summed E-state index contributed by atoms with van der Waals surface area (Å²) in [5.41, 5.74) is 14.7. The number of primary amides is 1. The lowest BCUT2D eigenvalue weighted by molar-refractivity contribution is 0.0400. The van der Waals surface area contributed by atoms with Crippen LogP contribution in [0.1, 0.15) is 48.2 Å². The first-order chi connectivity index (χ1) is 9.50. The molecular formula is C16H24N2O2. The first-order valence-corrected chi connectivity index (χ1v) is 7.21. The highest BCUT2D eigenvalue weighted by Gasteiger charge is 2.45. The van der Waals surface area contributed by atoms with Gasteiger partial charge in [-0.15, -0.1) is 0 Å². The molecule has 1 amide bonds. The van der Waals surface area contributed by atoms with Gasteiger partial charge < -0.3 is 16.2 Å². The highest BCUT2D eigenvalue weighted by molar-refractivity contribution is 5.93. The minimum absolute atomic E-state index is 0.0156. The van der Waals surface area contributed by atoms with Gasteiger partial charge in [0.2, 0.25) is 5.91 Å². The van der Waals surface area contributed by atoms with Gasteiger partial charge in [-0.1, -0.05) is 19.9 Å². The van der Waals surface area contributed by atoms with Crippen molar-refractivity contribution in [1.82, 2.24) is 0 Å². The van der Waals surface area contributed by atoms with Gasteiger partial charge in [0.1, 0.15) is 0 Å². The quantitative estimate of drug-likeness (QED) is 0.879. The Labute approximate surface area is 120 Å². The first-order valence-electron chi connectivity index (χ1n) is 7.21. The number of carbonyl (C=O) groups is 1. The smallest absolute Gasteiger partial charge is 0.248 e. The van der Waals surface area contributed by atoms with Crippen molar-refractivity contribution < 1.29 is 9.53 Å². The number of ether oxygens (including phenoxy) is 1. The predicted octanol–water partition coefficient (Wildman–Crippen LogP) is 1.74. The van der Waals surface area contributed by atoms with E-state index in [0.717, 1.165) is 19.3 Å². The third kappa shape index (κ3) is 2.13. The standard InChI is InChI=1S/C16H24N2O2/c1-4-16(5-2)12-8-11(15(18)19)7-6-10(12)9-13(20-3)14(16)17/h6-8,13-14H,4-5,9,17H2,1-3H3,(H2,18,19)/t13-,14+/m0/s1. The molecule has 1 aromatic carbocycles. The molecule has 0 bridgehead atoms. The van der Waals surface area contributed by atoms with Gasteiger partial charge in [0.15, 0.2) is 0 Å². The lowest BCUT2D eigenvalue weighted by Gasteiger charge is -2.46. The first kappa shape index (κ1) is 15.0. The van der Waals surface area contributed by atoms with Gasteiger partial charge in [0.25, 0.3) is 0 Å². The third-order valence-electron chi connectivity index (χ3n) is 4.96. The van der Waals surface area contributed by atoms with Gasteiger partial charge >= 0.3 is 0 Å². The molecule has 0 heterocycles. The number of rotatable bonds is 4. The van der Waals surface area contributed by atoms with Crippen molar-refractivity contribution in [3.63, 3.8) is 0 Å². The molecule has 0 fully saturated rings. The summed E-state index contributed by atoms with van der Waals surface area (Å²) in [4.78, 5) is 11.4. The maximum Gasteiger partial charge on any atom is 0.248 e. The zero-order chi connectivity index (χ0) is 14.9. The average Bonchev–Trinajstić information content (AvgIpc) is 2.46. The summed E-state index contributed by atoms with van der Waals surface area (Å²) in [6.07, 6.45) is 2.63. The molecule has 1 aromatic rings. The molecule has 0 aliphatic heterocycles. The Morgan fingerprint density at radius 2 is 2.05 bits per heavy atom. The van der Waals surface area contributed by atoms with Crippen LogP contribution in [0.15, 0.2) is 18.2 Å². The minimum Gasteiger partial charge on any atom is -0.379 e. The summed E-state index contributed by atoms with van der Waals surface area (Å²) < 4.78 is 5.58. The van der Waals surface area contributed by atoms with Crippen molar-refractivity contribution in [3.05, 3.63) is 34.9 Å². The van der Waals surface area contributed by atoms with Crippen molar-refractivity contribution in [2.75, 3.05) is 7.11 Å². The number of hydrogen-bond donors (Lipinski definition) is 2. The molecule has 4 nitrogen and oxygen atoms in total. The van der Waals surface area contributed by atoms with E-state index in [1.54, 1.807) is 13.2 Å². The Bertz CT molecular complexity index is 509. The van der Waals surface area contributed by atoms with Gasteiger partial charge in [-0.05, 0) is 36.1 Å². The second-order valence-corrected chi connectivity index (χ2v) is 5.60. The summed E-state index contributed by atoms with van der Waals surface area (Å²) >= 11 is 0. The van der Waals surface area contributed by atoms with E-state index in [1.807, 2.05) is 12.1 Å². The van der Waals surface area contributed by atoms with Crippen molar-refractivity contribution in [1.29, 1.82) is 0 Å². The fraction of sp³-hybridized carbons (Fsp3) is 0.562. The molecule has 1 aliphatic rings. The molecule has 0 aromatic heterocycles. The van der Waals surface area contributed by atoms with Crippen LogP contribution in [-0.2, 0) is 16.6 Å². The number of nitrogens with two attached hydrogens (primary N) is 2. The lowest BCUT2D eigenvalue weighted by Crippen LogP contribution is -2.56. The third-order valence-corrected chi connectivity index (χ3v) is 4.96. The number of fused-ring (bicyclic) bond motifs is 1. The van der Waals surface area contributed by atoms with Crippen LogP contribution in [0.25, 0.3) is 0 Å². The maximum absolute atomic E-state index is 11.4. The topological polar surface area (TPSA) is 78.3 Å². The molecule has 4 N–H and O–H groups in total. The normalized spacial score (nSPS) is 24.2. The molecule has 110 valence electrons. The van der Waals surface area contributed by atoms with E-state index >= 15 is 0 Å². The van der Waals surface area contributed by atoms with E-state index in [1.165, 1.54) is 11.1 Å². The van der Waals surface area contributed by atoms with Crippen molar-refractivity contribution in [3.8, 4) is 0 Å². The molecular weight excluding hydrogens is 252 g/mol. The molecule has 0 spiro atoms. The van der Waals surface area contributed by atoms with E-state index in [9.17, 15) is 4.79 Å². The average molecular weight is 276 g/mol. The summed E-state index contributed by atoms with van der Waals surface area (Å²) in [5, 5.41) is 0. The van der Waals surface area contributed by atoms with Crippen LogP contribution < -0.4 is 11.5 Å². The molecule has 2 rings (SSSR count). The molecule has 0 unspecified atom stereocenters. The molecule has 0 saturated heterocycles. The Hall–Kier alpha value is -1.39. The number of hydrogen-bond acceptors (Lipinski definition) is 3. The molecule has 1 aliphatic carbocycles. The monoisotopic (exact) mass is 276 g/mol. The van der Waals surface area contributed by atoms with Crippen molar-refractivity contribution >= 4 is 5.91 Å². The van der Waals surface area contributed by atoms with E-state index < -0.39 is 5.91 Å². The molecule has 0 saturated carbocycles. The summed E-state index contributed by atoms with van der Waals surface area (Å²) in [6.45, 7) is 4.28. The van der Waals surface area contributed by atoms with Crippen LogP contribution in [0.5, 0.6) is 0 Å². The number of benzene rings is 1. The van der Waals surface area contributed by atoms with Crippen molar-refractivity contribution in [2.24, 2.45) is 11.5 Å². The van der Waals surface area contributed by atoms with Crippen LogP contribution in [0.4, 0.5) is 0 Å². The van der Waals surface area contributed by atoms with E-state index in [2.05, 4.69) is 13.8 Å². The fourth-order valence-corrected chi connectivity index (χ4v) is 3.58. The fourth-order valence-electron chi connectivity index (χ4n) is 3.58. The summed E-state index contributed by atoms with van der Waals surface area (Å²) in [7, 11) is 1.71. The van der Waals surface area contributed by atoms with Crippen LogP contribution >= 0.6 is 0 Å².